The molecule has 30 heavy (non-hydrogen) atoms. The predicted octanol–water partition coefficient (Wildman–Crippen LogP) is 5.27. The smallest absolute Gasteiger partial charge is 0.418 e. The number of alkyl halides is 3. The van der Waals surface area contributed by atoms with Crippen LogP contribution in [0.15, 0.2) is 30.3 Å². The summed E-state index contributed by atoms with van der Waals surface area (Å²) in [5.74, 6) is -1.47. The van der Waals surface area contributed by atoms with Gasteiger partial charge in [-0.3, -0.25) is 4.79 Å². The molecular formula is C21H22F4N2O3. The van der Waals surface area contributed by atoms with Crippen molar-refractivity contribution < 1.29 is 33.6 Å². The van der Waals surface area contributed by atoms with Crippen LogP contribution in [0.4, 0.5) is 28.9 Å². The third kappa shape index (κ3) is 4.01. The first-order valence-electron chi connectivity index (χ1n) is 9.67. The van der Waals surface area contributed by atoms with Crippen LogP contribution in [0, 0.1) is 5.82 Å². The third-order valence-electron chi connectivity index (χ3n) is 5.51. The van der Waals surface area contributed by atoms with Gasteiger partial charge in [0.25, 0.3) is 5.91 Å². The molecule has 1 amide bonds. The van der Waals surface area contributed by atoms with E-state index in [-0.39, 0.29) is 31.0 Å². The molecule has 1 aliphatic carbocycles. The van der Waals surface area contributed by atoms with Crippen molar-refractivity contribution in [2.45, 2.75) is 43.9 Å². The molecule has 0 spiro atoms. The summed E-state index contributed by atoms with van der Waals surface area (Å²) in [5.41, 5.74) is -0.931. The maximum Gasteiger partial charge on any atom is 0.418 e. The second-order valence-electron chi connectivity index (χ2n) is 7.55. The average molecular weight is 426 g/mol. The number of carbonyl (C=O) groups excluding carboxylic acids is 1. The Hall–Kier alpha value is -2.97. The van der Waals surface area contributed by atoms with Crippen LogP contribution < -0.4 is 15.4 Å². The number of phenols is 1. The van der Waals surface area contributed by atoms with Crippen LogP contribution in [-0.2, 0) is 11.0 Å². The molecule has 1 aliphatic heterocycles. The largest absolute Gasteiger partial charge is 0.508 e. The highest BCUT2D eigenvalue weighted by atomic mass is 19.4. The fraction of sp³-hybridized carbons (Fsp3) is 0.381. The van der Waals surface area contributed by atoms with E-state index in [1.54, 1.807) is 0 Å². The van der Waals surface area contributed by atoms with E-state index in [0.29, 0.717) is 5.69 Å². The maximum atomic E-state index is 13.7. The summed E-state index contributed by atoms with van der Waals surface area (Å²) in [5, 5.41) is 15.4. The molecule has 2 aromatic rings. The summed E-state index contributed by atoms with van der Waals surface area (Å²) in [7, 11) is 0. The molecule has 0 radical (unpaired) electrons. The number of halogens is 4. The van der Waals surface area contributed by atoms with Gasteiger partial charge < -0.3 is 20.5 Å². The zero-order chi connectivity index (χ0) is 21.5. The predicted molar refractivity (Wildman–Crippen MR) is 104 cm³/mol. The van der Waals surface area contributed by atoms with Crippen LogP contribution in [-0.4, -0.2) is 23.7 Å². The number of aromatic hydroxyl groups is 1. The first kappa shape index (κ1) is 20.3. The van der Waals surface area contributed by atoms with Crippen molar-refractivity contribution in [3.63, 3.8) is 0 Å². The van der Waals surface area contributed by atoms with Gasteiger partial charge in [-0.25, -0.2) is 4.39 Å². The van der Waals surface area contributed by atoms with E-state index in [1.165, 1.54) is 12.1 Å². The van der Waals surface area contributed by atoms with Crippen LogP contribution >= 0.6 is 0 Å². The molecule has 0 aromatic heterocycles. The van der Waals surface area contributed by atoms with Crippen LogP contribution in [0.25, 0.3) is 0 Å². The van der Waals surface area contributed by atoms with Gasteiger partial charge in [-0.05, 0) is 42.5 Å². The minimum Gasteiger partial charge on any atom is -0.508 e. The molecule has 0 bridgehead atoms. The van der Waals surface area contributed by atoms with E-state index in [4.69, 9.17) is 4.74 Å². The number of carbonyl (C=O) groups is 1. The molecule has 3 N–H and O–H groups in total. The summed E-state index contributed by atoms with van der Waals surface area (Å²) in [6.45, 7) is -0.0459. The lowest BCUT2D eigenvalue weighted by Gasteiger charge is -2.27. The summed E-state index contributed by atoms with van der Waals surface area (Å²) in [4.78, 5) is 12.6. The molecule has 1 saturated carbocycles. The highest BCUT2D eigenvalue weighted by Crippen LogP contribution is 2.44. The molecule has 0 unspecified atom stereocenters. The Morgan fingerprint density at radius 2 is 1.93 bits per heavy atom. The van der Waals surface area contributed by atoms with Gasteiger partial charge in [0, 0.05) is 13.6 Å². The second-order valence-corrected chi connectivity index (χ2v) is 7.55. The van der Waals surface area contributed by atoms with E-state index >= 15 is 0 Å². The fourth-order valence-corrected chi connectivity index (χ4v) is 4.01. The Labute approximate surface area is 171 Å². The van der Waals surface area contributed by atoms with Crippen molar-refractivity contribution in [3.05, 3.63) is 47.3 Å². The molecule has 2 aliphatic rings. The quantitative estimate of drug-likeness (QED) is 0.585. The Kier molecular flexibility index (Phi) is 5.21. The van der Waals surface area contributed by atoms with Gasteiger partial charge in [0.1, 0.15) is 17.3 Å². The Morgan fingerprint density at radius 3 is 2.63 bits per heavy atom. The van der Waals surface area contributed by atoms with Gasteiger partial charge in [-0.15, -0.1) is 0 Å². The van der Waals surface area contributed by atoms with E-state index in [1.807, 2.05) is 0 Å². The minimum atomic E-state index is -4.71. The van der Waals surface area contributed by atoms with Crippen molar-refractivity contribution in [1.82, 2.24) is 0 Å². The first-order chi connectivity index (χ1) is 14.2. The summed E-state index contributed by atoms with van der Waals surface area (Å²) in [6.07, 6.45) is -2.58. The van der Waals surface area contributed by atoms with Gasteiger partial charge in [-0.2, -0.15) is 13.2 Å². The summed E-state index contributed by atoms with van der Waals surface area (Å²) >= 11 is 0. The first-order valence-corrected chi connectivity index (χ1v) is 9.67. The number of rotatable bonds is 3. The maximum absolute atomic E-state index is 13.7. The Bertz CT molecular complexity index is 978. The van der Waals surface area contributed by atoms with Crippen molar-refractivity contribution in [1.29, 1.82) is 0 Å². The van der Waals surface area contributed by atoms with Crippen LogP contribution in [0.3, 0.4) is 0 Å². The number of hydrogen-bond donors (Lipinski definition) is 3. The number of phenolic OH excluding ortho intramolecular Hbond substituents is 1. The van der Waals surface area contributed by atoms with Gasteiger partial charge in [0.2, 0.25) is 0 Å². The van der Waals surface area contributed by atoms with E-state index < -0.39 is 35.3 Å². The number of fused-ring (bicyclic) bond motifs is 1. The summed E-state index contributed by atoms with van der Waals surface area (Å²) in [6, 6.07) is 5.57. The third-order valence-corrected chi connectivity index (χ3v) is 5.51. The van der Waals surface area contributed by atoms with E-state index in [9.17, 15) is 27.5 Å². The van der Waals surface area contributed by atoms with Crippen molar-refractivity contribution >= 4 is 17.3 Å². The molecular weight excluding hydrogens is 404 g/mol. The Balaban J connectivity index is 0.00000272. The summed E-state index contributed by atoms with van der Waals surface area (Å²) < 4.78 is 59.8. The van der Waals surface area contributed by atoms with E-state index in [2.05, 4.69) is 10.6 Å². The number of anilines is 2. The molecule has 2 aromatic carbocycles. The topological polar surface area (TPSA) is 70.6 Å². The number of hydrogen-bond acceptors (Lipinski definition) is 4. The SMILES string of the molecule is O=C(Nc1cc(O)c(C2CCCC2)cc1C(F)(F)F)[C@@H]1CNc2cc(F)ccc2O1.[HH]. The van der Waals surface area contributed by atoms with Gasteiger partial charge in [-0.1, -0.05) is 12.8 Å². The molecule has 1 heterocycles. The zero-order valence-corrected chi connectivity index (χ0v) is 15.9. The van der Waals surface area contributed by atoms with Crippen molar-refractivity contribution in [2.75, 3.05) is 17.2 Å². The zero-order valence-electron chi connectivity index (χ0n) is 15.9. The van der Waals surface area contributed by atoms with Gasteiger partial charge >= 0.3 is 6.18 Å². The molecule has 0 saturated heterocycles. The second kappa shape index (κ2) is 7.70. The van der Waals surface area contributed by atoms with Crippen LogP contribution in [0.5, 0.6) is 11.5 Å². The minimum absolute atomic E-state index is 0. The van der Waals surface area contributed by atoms with Crippen LogP contribution in [0.1, 0.15) is 44.2 Å². The lowest BCUT2D eigenvalue weighted by atomic mass is 9.94. The standard InChI is InChI=1S/C21H20F4N2O3.H2/c22-12-5-6-18-16(7-12)26-10-19(30-18)20(29)27-15-9-17(28)13(11-3-1-2-4-11)8-14(15)21(23,24)25;/h5-9,11,19,26,28H,1-4,10H2,(H,27,29);1H/t19-;/m0./s1. The van der Waals surface area contributed by atoms with Crippen molar-refractivity contribution in [3.8, 4) is 11.5 Å². The molecule has 162 valence electrons. The highest BCUT2D eigenvalue weighted by molar-refractivity contribution is 5.96. The lowest BCUT2D eigenvalue weighted by Crippen LogP contribution is -2.41. The molecule has 9 heteroatoms. The number of ether oxygens (including phenoxy) is 1. The Morgan fingerprint density at radius 1 is 1.20 bits per heavy atom. The number of nitrogens with one attached hydrogen (secondary N) is 2. The monoisotopic (exact) mass is 426 g/mol. The van der Waals surface area contributed by atoms with Crippen LogP contribution in [0.2, 0.25) is 0 Å². The van der Waals surface area contributed by atoms with E-state index in [0.717, 1.165) is 43.9 Å². The van der Waals surface area contributed by atoms with Gasteiger partial charge in [0.05, 0.1) is 23.5 Å². The van der Waals surface area contributed by atoms with Gasteiger partial charge in [0.15, 0.2) is 6.10 Å². The average Bonchev–Trinajstić information content (AvgIpc) is 3.21. The fourth-order valence-electron chi connectivity index (χ4n) is 4.01. The lowest BCUT2D eigenvalue weighted by molar-refractivity contribution is -0.137. The highest BCUT2D eigenvalue weighted by Gasteiger charge is 2.37. The molecule has 4 rings (SSSR count). The number of amides is 1. The molecule has 5 nitrogen and oxygen atoms in total. The molecule has 1 fully saturated rings. The molecule has 1 atom stereocenters. The number of benzene rings is 2. The van der Waals surface area contributed by atoms with Crippen molar-refractivity contribution in [2.24, 2.45) is 0 Å². The normalized spacial score (nSPS) is 19.0.